The zero-order chi connectivity index (χ0) is 14.5. The van der Waals surface area contributed by atoms with Crippen molar-refractivity contribution in [3.8, 4) is 0 Å². The van der Waals surface area contributed by atoms with Crippen LogP contribution >= 0.6 is 11.3 Å². The minimum absolute atomic E-state index is 0.422. The molecule has 2 nitrogen and oxygen atoms in total. The lowest BCUT2D eigenvalue weighted by Gasteiger charge is -2.25. The van der Waals surface area contributed by atoms with Crippen molar-refractivity contribution >= 4 is 11.3 Å². The van der Waals surface area contributed by atoms with Crippen LogP contribution in [0.2, 0.25) is 0 Å². The van der Waals surface area contributed by atoms with Crippen molar-refractivity contribution in [2.24, 2.45) is 0 Å². The van der Waals surface area contributed by atoms with Crippen LogP contribution in [0.15, 0.2) is 41.8 Å². The van der Waals surface area contributed by atoms with Gasteiger partial charge in [-0.2, -0.15) is 0 Å². The van der Waals surface area contributed by atoms with E-state index < -0.39 is 0 Å². The summed E-state index contributed by atoms with van der Waals surface area (Å²) in [5, 5.41) is 5.96. The third kappa shape index (κ3) is 3.94. The van der Waals surface area contributed by atoms with E-state index in [9.17, 15) is 0 Å². The molecule has 3 heteroatoms. The summed E-state index contributed by atoms with van der Waals surface area (Å²) in [6, 6.07) is 13.5. The average Bonchev–Trinajstić information content (AvgIpc) is 3.16. The van der Waals surface area contributed by atoms with Gasteiger partial charge in [0.1, 0.15) is 0 Å². The first kappa shape index (κ1) is 14.8. The third-order valence-corrected chi connectivity index (χ3v) is 5.34. The summed E-state index contributed by atoms with van der Waals surface area (Å²) in [5.41, 5.74) is 2.80. The lowest BCUT2D eigenvalue weighted by molar-refractivity contribution is 0.292. The molecule has 3 rings (SSSR count). The lowest BCUT2D eigenvalue weighted by Crippen LogP contribution is -2.33. The second kappa shape index (κ2) is 7.21. The molecule has 1 aromatic carbocycles. The van der Waals surface area contributed by atoms with E-state index in [1.54, 1.807) is 0 Å². The fraction of sp³-hybridized carbons (Fsp3) is 0.444. The Bertz CT molecular complexity index is 543. The summed E-state index contributed by atoms with van der Waals surface area (Å²) >= 11 is 1.85. The van der Waals surface area contributed by atoms with Gasteiger partial charge in [-0.3, -0.25) is 0 Å². The van der Waals surface area contributed by atoms with Crippen LogP contribution in [0.5, 0.6) is 0 Å². The van der Waals surface area contributed by atoms with E-state index >= 15 is 0 Å². The molecule has 0 amide bonds. The second-order valence-corrected chi connectivity index (χ2v) is 6.88. The zero-order valence-electron chi connectivity index (χ0n) is 12.7. The Morgan fingerprint density at radius 3 is 2.57 bits per heavy atom. The Kier molecular flexibility index (Phi) is 5.07. The molecular weight excluding hydrogens is 276 g/mol. The first-order chi connectivity index (χ1) is 10.3. The molecule has 0 radical (unpaired) electrons. The van der Waals surface area contributed by atoms with Crippen molar-refractivity contribution in [3.05, 3.63) is 57.8 Å². The standard InChI is InChI=1S/C18H24N2S/c1-15-9-12-21-18(15)13-19-17(14-20-10-5-6-11-20)16-7-3-2-4-8-16/h2-4,7-9,12,17,19H,5-6,10-11,13-14H2,1H3. The van der Waals surface area contributed by atoms with Crippen LogP contribution in [0.1, 0.15) is 34.9 Å². The first-order valence-corrected chi connectivity index (χ1v) is 8.74. The van der Waals surface area contributed by atoms with E-state index in [1.807, 2.05) is 11.3 Å². The van der Waals surface area contributed by atoms with Gasteiger partial charge in [-0.25, -0.2) is 0 Å². The first-order valence-electron chi connectivity index (χ1n) is 7.86. The number of nitrogens with one attached hydrogen (secondary N) is 1. The van der Waals surface area contributed by atoms with E-state index in [0.717, 1.165) is 13.1 Å². The summed E-state index contributed by atoms with van der Waals surface area (Å²) in [5.74, 6) is 0. The molecule has 0 bridgehead atoms. The predicted octanol–water partition coefficient (Wildman–Crippen LogP) is 3.98. The van der Waals surface area contributed by atoms with Crippen LogP contribution in [-0.4, -0.2) is 24.5 Å². The van der Waals surface area contributed by atoms with Gasteiger partial charge in [-0.05, 0) is 55.4 Å². The van der Waals surface area contributed by atoms with E-state index in [0.29, 0.717) is 6.04 Å². The molecule has 1 aromatic heterocycles. The highest BCUT2D eigenvalue weighted by atomic mass is 32.1. The maximum Gasteiger partial charge on any atom is 0.0452 e. The SMILES string of the molecule is Cc1ccsc1CNC(CN1CCCC1)c1ccccc1. The van der Waals surface area contributed by atoms with Crippen molar-refractivity contribution in [3.63, 3.8) is 0 Å². The molecule has 0 spiro atoms. The van der Waals surface area contributed by atoms with Gasteiger partial charge in [0.2, 0.25) is 0 Å². The van der Waals surface area contributed by atoms with Gasteiger partial charge < -0.3 is 10.2 Å². The molecule has 0 aliphatic carbocycles. The van der Waals surface area contributed by atoms with E-state index in [4.69, 9.17) is 0 Å². The monoisotopic (exact) mass is 300 g/mol. The number of hydrogen-bond acceptors (Lipinski definition) is 3. The fourth-order valence-electron chi connectivity index (χ4n) is 3.00. The summed E-state index contributed by atoms with van der Waals surface area (Å²) < 4.78 is 0. The molecule has 1 unspecified atom stereocenters. The normalized spacial score (nSPS) is 17.2. The quantitative estimate of drug-likeness (QED) is 0.868. The Morgan fingerprint density at radius 1 is 1.14 bits per heavy atom. The predicted molar refractivity (Wildman–Crippen MR) is 90.8 cm³/mol. The summed E-state index contributed by atoms with van der Waals surface area (Å²) in [4.78, 5) is 4.05. The van der Waals surface area contributed by atoms with E-state index in [2.05, 4.69) is 58.9 Å². The molecule has 1 saturated heterocycles. The molecule has 2 heterocycles. The molecule has 2 aromatic rings. The lowest BCUT2D eigenvalue weighted by atomic mass is 10.1. The van der Waals surface area contributed by atoms with Gasteiger partial charge in [-0.1, -0.05) is 30.3 Å². The number of rotatable bonds is 6. The van der Waals surface area contributed by atoms with Crippen molar-refractivity contribution in [1.29, 1.82) is 0 Å². The Labute approximate surface area is 131 Å². The molecule has 112 valence electrons. The zero-order valence-corrected chi connectivity index (χ0v) is 13.5. The second-order valence-electron chi connectivity index (χ2n) is 5.88. The summed E-state index contributed by atoms with van der Waals surface area (Å²) in [7, 11) is 0. The van der Waals surface area contributed by atoms with Crippen LogP contribution in [0.25, 0.3) is 0 Å². The highest BCUT2D eigenvalue weighted by Crippen LogP contribution is 2.20. The van der Waals surface area contributed by atoms with Crippen molar-refractivity contribution < 1.29 is 0 Å². The minimum Gasteiger partial charge on any atom is -0.304 e. The third-order valence-electron chi connectivity index (χ3n) is 4.32. The molecule has 21 heavy (non-hydrogen) atoms. The van der Waals surface area contributed by atoms with Crippen LogP contribution in [0.3, 0.4) is 0 Å². The highest BCUT2D eigenvalue weighted by Gasteiger charge is 2.18. The molecule has 1 fully saturated rings. The van der Waals surface area contributed by atoms with Gasteiger partial charge >= 0.3 is 0 Å². The summed E-state index contributed by atoms with van der Waals surface area (Å²) in [6.07, 6.45) is 2.71. The summed E-state index contributed by atoms with van der Waals surface area (Å²) in [6.45, 7) is 6.79. The topological polar surface area (TPSA) is 15.3 Å². The van der Waals surface area contributed by atoms with Gasteiger partial charge in [-0.15, -0.1) is 11.3 Å². The average molecular weight is 300 g/mol. The maximum atomic E-state index is 3.77. The maximum absolute atomic E-state index is 3.77. The van der Waals surface area contributed by atoms with Gasteiger partial charge in [0.15, 0.2) is 0 Å². The molecule has 1 aliphatic rings. The fourth-order valence-corrected chi connectivity index (χ4v) is 3.85. The van der Waals surface area contributed by atoms with E-state index in [1.165, 1.54) is 41.9 Å². The molecule has 1 aliphatic heterocycles. The van der Waals surface area contributed by atoms with E-state index in [-0.39, 0.29) is 0 Å². The van der Waals surface area contributed by atoms with Gasteiger partial charge in [0, 0.05) is 24.0 Å². The van der Waals surface area contributed by atoms with Crippen molar-refractivity contribution in [2.45, 2.75) is 32.4 Å². The number of aryl methyl sites for hydroxylation is 1. The highest BCUT2D eigenvalue weighted by molar-refractivity contribution is 7.10. The Hall–Kier alpha value is -1.16. The smallest absolute Gasteiger partial charge is 0.0452 e. The van der Waals surface area contributed by atoms with Gasteiger partial charge in [0.05, 0.1) is 0 Å². The van der Waals surface area contributed by atoms with Crippen LogP contribution in [-0.2, 0) is 6.54 Å². The number of likely N-dealkylation sites (tertiary alicyclic amines) is 1. The number of hydrogen-bond donors (Lipinski definition) is 1. The van der Waals surface area contributed by atoms with Crippen LogP contribution in [0, 0.1) is 6.92 Å². The number of benzene rings is 1. The van der Waals surface area contributed by atoms with Gasteiger partial charge in [0.25, 0.3) is 0 Å². The molecular formula is C18H24N2S. The Morgan fingerprint density at radius 2 is 1.90 bits per heavy atom. The van der Waals surface area contributed by atoms with Crippen LogP contribution < -0.4 is 5.32 Å². The number of nitrogens with zero attached hydrogens (tertiary/aromatic N) is 1. The largest absolute Gasteiger partial charge is 0.304 e. The van der Waals surface area contributed by atoms with Crippen molar-refractivity contribution in [1.82, 2.24) is 10.2 Å². The Balaban J connectivity index is 1.67. The molecule has 1 N–H and O–H groups in total. The molecule has 1 atom stereocenters. The number of thiophene rings is 1. The van der Waals surface area contributed by atoms with Crippen molar-refractivity contribution in [2.75, 3.05) is 19.6 Å². The minimum atomic E-state index is 0.422. The molecule has 0 saturated carbocycles. The van der Waals surface area contributed by atoms with Crippen LogP contribution in [0.4, 0.5) is 0 Å².